The number of nitrogens with one attached hydrogen (secondary N) is 1. The highest BCUT2D eigenvalue weighted by Gasteiger charge is 2.29. The Kier molecular flexibility index (Phi) is 7.60. The number of rotatable bonds is 7. The maximum atomic E-state index is 13.6. The molecule has 1 unspecified atom stereocenters. The Labute approximate surface area is 215 Å². The SMILES string of the molecule is CN1CCCC1/C=C/S(=O)(=O)N1CCC(Nc2ncc3cc(C(F)F)c(=O)n(C4CCCC4)c3n2)CC1. The lowest BCUT2D eigenvalue weighted by Gasteiger charge is -2.31. The first-order valence-electron chi connectivity index (χ1n) is 13.1. The summed E-state index contributed by atoms with van der Waals surface area (Å²) in [6.07, 6.45) is 7.02. The third-order valence-electron chi connectivity index (χ3n) is 7.92. The van der Waals surface area contributed by atoms with Crippen LogP contribution in [0.15, 0.2) is 28.5 Å². The van der Waals surface area contributed by atoms with E-state index in [2.05, 4.69) is 20.2 Å². The van der Waals surface area contributed by atoms with Crippen LogP contribution in [0.5, 0.6) is 0 Å². The van der Waals surface area contributed by atoms with E-state index in [0.29, 0.717) is 42.9 Å². The molecule has 4 heterocycles. The zero-order chi connectivity index (χ0) is 26.2. The van der Waals surface area contributed by atoms with Crippen LogP contribution in [0, 0.1) is 0 Å². The van der Waals surface area contributed by atoms with E-state index < -0.39 is 27.6 Å². The van der Waals surface area contributed by atoms with E-state index in [1.54, 1.807) is 6.08 Å². The topological polar surface area (TPSA) is 100 Å². The average Bonchev–Trinajstić information content (AvgIpc) is 3.54. The summed E-state index contributed by atoms with van der Waals surface area (Å²) >= 11 is 0. The Balaban J connectivity index is 1.29. The molecule has 12 heteroatoms. The Bertz CT molecular complexity index is 1320. The van der Waals surface area contributed by atoms with E-state index in [1.807, 2.05) is 7.05 Å². The summed E-state index contributed by atoms with van der Waals surface area (Å²) in [4.78, 5) is 24.0. The van der Waals surface area contributed by atoms with Crippen LogP contribution in [0.4, 0.5) is 14.7 Å². The van der Waals surface area contributed by atoms with Gasteiger partial charge in [0.2, 0.25) is 16.0 Å². The fourth-order valence-electron chi connectivity index (χ4n) is 5.76. The predicted octanol–water partition coefficient (Wildman–Crippen LogP) is 3.66. The molecule has 1 atom stereocenters. The monoisotopic (exact) mass is 536 g/mol. The van der Waals surface area contributed by atoms with Crippen LogP contribution in [-0.2, 0) is 10.0 Å². The lowest BCUT2D eigenvalue weighted by Crippen LogP contribution is -2.42. The molecule has 0 amide bonds. The molecule has 0 bridgehead atoms. The zero-order valence-corrected chi connectivity index (χ0v) is 21.8. The van der Waals surface area contributed by atoms with Crippen molar-refractivity contribution in [1.82, 2.24) is 23.7 Å². The van der Waals surface area contributed by atoms with Crippen LogP contribution in [0.3, 0.4) is 0 Å². The first-order chi connectivity index (χ1) is 17.7. The number of nitrogens with zero attached hydrogens (tertiary/aromatic N) is 5. The summed E-state index contributed by atoms with van der Waals surface area (Å²) in [7, 11) is -1.48. The molecule has 202 valence electrons. The lowest BCUT2D eigenvalue weighted by atomic mass is 10.1. The van der Waals surface area contributed by atoms with Crippen molar-refractivity contribution in [2.24, 2.45) is 0 Å². The second kappa shape index (κ2) is 10.7. The van der Waals surface area contributed by atoms with Crippen molar-refractivity contribution >= 4 is 27.0 Å². The van der Waals surface area contributed by atoms with Crippen LogP contribution in [0.2, 0.25) is 0 Å². The summed E-state index contributed by atoms with van der Waals surface area (Å²) in [5.74, 6) is 0.314. The number of anilines is 1. The van der Waals surface area contributed by atoms with Gasteiger partial charge in [0, 0.05) is 48.2 Å². The molecule has 2 saturated heterocycles. The van der Waals surface area contributed by atoms with E-state index in [-0.39, 0.29) is 18.1 Å². The molecule has 1 N–H and O–H groups in total. The lowest BCUT2D eigenvalue weighted by molar-refractivity contribution is 0.149. The summed E-state index contributed by atoms with van der Waals surface area (Å²) in [6.45, 7) is 1.74. The maximum Gasteiger partial charge on any atom is 0.269 e. The molecule has 2 aromatic rings. The van der Waals surface area contributed by atoms with Crippen molar-refractivity contribution in [3.05, 3.63) is 39.7 Å². The molecule has 0 aromatic carbocycles. The number of sulfonamides is 1. The van der Waals surface area contributed by atoms with E-state index in [9.17, 15) is 22.0 Å². The molecule has 9 nitrogen and oxygen atoms in total. The molecular formula is C25H34F2N6O3S. The number of aromatic nitrogens is 3. The highest BCUT2D eigenvalue weighted by Crippen LogP contribution is 2.32. The molecule has 1 aliphatic carbocycles. The van der Waals surface area contributed by atoms with Crippen LogP contribution < -0.4 is 10.9 Å². The summed E-state index contributed by atoms with van der Waals surface area (Å²) in [5.41, 5.74) is -0.846. The van der Waals surface area contributed by atoms with E-state index in [1.165, 1.54) is 26.5 Å². The van der Waals surface area contributed by atoms with Gasteiger partial charge in [0.1, 0.15) is 5.65 Å². The molecule has 3 fully saturated rings. The molecule has 37 heavy (non-hydrogen) atoms. The van der Waals surface area contributed by atoms with Crippen molar-refractivity contribution in [3.8, 4) is 0 Å². The van der Waals surface area contributed by atoms with Crippen molar-refractivity contribution in [2.45, 2.75) is 75.9 Å². The molecular weight excluding hydrogens is 502 g/mol. The number of fused-ring (bicyclic) bond motifs is 1. The van der Waals surface area contributed by atoms with Gasteiger partial charge in [0.05, 0.1) is 5.56 Å². The van der Waals surface area contributed by atoms with E-state index >= 15 is 0 Å². The van der Waals surface area contributed by atoms with Gasteiger partial charge in [0.15, 0.2) is 0 Å². The smallest absolute Gasteiger partial charge is 0.269 e. The Morgan fingerprint density at radius 3 is 2.46 bits per heavy atom. The van der Waals surface area contributed by atoms with Gasteiger partial charge in [-0.1, -0.05) is 18.9 Å². The van der Waals surface area contributed by atoms with Gasteiger partial charge in [-0.2, -0.15) is 9.29 Å². The number of likely N-dealkylation sites (N-methyl/N-ethyl adjacent to an activating group) is 1. The summed E-state index contributed by atoms with van der Waals surface area (Å²) in [5, 5.41) is 5.02. The molecule has 0 spiro atoms. The van der Waals surface area contributed by atoms with Crippen molar-refractivity contribution in [1.29, 1.82) is 0 Å². The van der Waals surface area contributed by atoms with Gasteiger partial charge in [-0.25, -0.2) is 22.2 Å². The molecule has 5 rings (SSSR count). The van der Waals surface area contributed by atoms with E-state index in [4.69, 9.17) is 0 Å². The van der Waals surface area contributed by atoms with Gasteiger partial charge in [-0.15, -0.1) is 0 Å². The van der Waals surface area contributed by atoms with Gasteiger partial charge >= 0.3 is 0 Å². The number of piperidine rings is 1. The first-order valence-corrected chi connectivity index (χ1v) is 14.6. The minimum absolute atomic E-state index is 0.0409. The normalized spacial score (nSPS) is 23.2. The Morgan fingerprint density at radius 2 is 1.81 bits per heavy atom. The largest absolute Gasteiger partial charge is 0.351 e. The maximum absolute atomic E-state index is 13.6. The van der Waals surface area contributed by atoms with Crippen molar-refractivity contribution < 1.29 is 17.2 Å². The fourth-order valence-corrected chi connectivity index (χ4v) is 7.03. The molecule has 0 radical (unpaired) electrons. The number of pyridine rings is 1. The van der Waals surface area contributed by atoms with Crippen LogP contribution >= 0.6 is 0 Å². The zero-order valence-electron chi connectivity index (χ0n) is 21.0. The number of hydrogen-bond acceptors (Lipinski definition) is 7. The summed E-state index contributed by atoms with van der Waals surface area (Å²) < 4.78 is 55.7. The fraction of sp³-hybridized carbons (Fsp3) is 0.640. The highest BCUT2D eigenvalue weighted by molar-refractivity contribution is 7.92. The quantitative estimate of drug-likeness (QED) is 0.577. The second-order valence-electron chi connectivity index (χ2n) is 10.4. The van der Waals surface area contributed by atoms with E-state index in [0.717, 1.165) is 45.1 Å². The number of hydrogen-bond donors (Lipinski definition) is 1. The average molecular weight is 537 g/mol. The van der Waals surface area contributed by atoms with Gasteiger partial charge in [0.25, 0.3) is 12.0 Å². The number of halogens is 2. The first kappa shape index (κ1) is 26.2. The molecule has 1 saturated carbocycles. The van der Waals surface area contributed by atoms with Crippen molar-refractivity contribution in [2.75, 3.05) is 32.0 Å². The summed E-state index contributed by atoms with van der Waals surface area (Å²) in [6, 6.07) is 1.16. The molecule has 2 aliphatic heterocycles. The number of likely N-dealkylation sites (tertiary alicyclic amines) is 1. The Morgan fingerprint density at radius 1 is 1.08 bits per heavy atom. The van der Waals surface area contributed by atoms with Gasteiger partial charge in [-0.3, -0.25) is 14.3 Å². The molecule has 2 aromatic heterocycles. The van der Waals surface area contributed by atoms with Crippen LogP contribution in [0.1, 0.15) is 69.4 Å². The third-order valence-corrected chi connectivity index (χ3v) is 9.51. The predicted molar refractivity (Wildman–Crippen MR) is 138 cm³/mol. The minimum Gasteiger partial charge on any atom is -0.351 e. The van der Waals surface area contributed by atoms with Gasteiger partial charge in [-0.05, 0) is 58.2 Å². The standard InChI is InChI=1S/C25H34F2N6O3S/c1-31-11-4-7-19(31)10-14-37(35,36)32-12-8-18(9-13-32)29-25-28-16-17-15-21(22(26)27)24(34)33(23(17)30-25)20-5-2-3-6-20/h10,14-16,18-20,22H,2-9,11-13H2,1H3,(H,28,29,30)/b14-10+. The third kappa shape index (κ3) is 5.56. The van der Waals surface area contributed by atoms with Crippen LogP contribution in [0.25, 0.3) is 11.0 Å². The second-order valence-corrected chi connectivity index (χ2v) is 12.2. The molecule has 3 aliphatic rings. The minimum atomic E-state index is -3.48. The van der Waals surface area contributed by atoms with Gasteiger partial charge < -0.3 is 5.32 Å². The van der Waals surface area contributed by atoms with Crippen LogP contribution in [-0.4, -0.2) is 70.9 Å². The Hall–Kier alpha value is -2.44. The van der Waals surface area contributed by atoms with Crippen molar-refractivity contribution in [3.63, 3.8) is 0 Å². The number of alkyl halides is 2. The highest BCUT2D eigenvalue weighted by atomic mass is 32.2.